The number of likely N-dealkylation sites (tertiary alicyclic amines) is 6. The van der Waals surface area contributed by atoms with Crippen LogP contribution in [0.3, 0.4) is 0 Å². The first-order chi connectivity index (χ1) is 52.8. The van der Waals surface area contributed by atoms with E-state index < -0.39 is 17.7 Å². The molecule has 0 aromatic carbocycles. The van der Waals surface area contributed by atoms with Gasteiger partial charge in [-0.15, -0.1) is 0 Å². The SMILES string of the molecule is C.C.C.C.C.C.C.C.C.CC.CC.CC.CC.CC.CC(=O)N1CC(=O)C1.CC(=O)N1CC(N2CCN(C)CC2)C1.CC(=O)N1CC(N2CCN([C-]=O)CC2)C1.CC(=O)N1CC(N2CCNCC2)C1.CC(=O)O.CC(C)(C)OC(=O)N1CC(=O)C1.CCC(=O)N1CC(N2CCN([C-]=O)CC2)C1.CN1CCNCC1.CO[B]O.C[C-]=O.O=C1CNC1.[Y].[Y].[Y]. The fraction of sp³-hybridized carbons (Fsp3) is 0.847. The third kappa shape index (κ3) is 73.1. The molecule has 0 spiro atoms. The normalized spacial score (nSPS) is 17.6. The van der Waals surface area contributed by atoms with Gasteiger partial charge in [0.05, 0.1) is 39.3 Å². The van der Waals surface area contributed by atoms with Crippen molar-refractivity contribution >= 4 is 85.7 Å². The second kappa shape index (κ2) is 96.2. The third-order valence-electron chi connectivity index (χ3n) is 17.7. The molecule has 38 heteroatoms. The molecule has 8 amide bonds. The van der Waals surface area contributed by atoms with Crippen LogP contribution < -0.4 is 16.0 Å². The molecule has 12 fully saturated rings. The van der Waals surface area contributed by atoms with E-state index in [0.717, 1.165) is 177 Å². The van der Waals surface area contributed by atoms with Gasteiger partial charge in [-0.1, -0.05) is 143 Å². The summed E-state index contributed by atoms with van der Waals surface area (Å²) in [4.78, 5) is 163. The van der Waals surface area contributed by atoms with E-state index in [1.807, 2.05) is 109 Å². The molecule has 5 N–H and O–H groups in total. The smallest absolute Gasteiger partial charge is 0.484 e. The summed E-state index contributed by atoms with van der Waals surface area (Å²) in [5, 5.41) is 24.4. The van der Waals surface area contributed by atoms with Crippen molar-refractivity contribution < 1.29 is 180 Å². The van der Waals surface area contributed by atoms with Crippen LogP contribution in [0.4, 0.5) is 4.79 Å². The zero-order chi connectivity index (χ0) is 85.8. The monoisotopic (exact) mass is 1990 g/mol. The van der Waals surface area contributed by atoms with Crippen molar-refractivity contribution in [2.75, 3.05) is 244 Å². The van der Waals surface area contributed by atoms with E-state index in [0.29, 0.717) is 70.2 Å². The Bertz CT molecular complexity index is 2540. The molecule has 34 nitrogen and oxygen atoms in total. The zero-order valence-corrected chi connectivity index (χ0v) is 82.7. The molecular formula is C85H184BN17O17Y3-3. The van der Waals surface area contributed by atoms with Gasteiger partial charge >= 0.3 is 13.8 Å². The molecule has 0 saturated carbocycles. The van der Waals surface area contributed by atoms with E-state index in [2.05, 4.69) is 64.1 Å². The number of hydrogen-bond acceptors (Lipinski definition) is 25. The van der Waals surface area contributed by atoms with E-state index in [9.17, 15) is 52.7 Å². The molecule has 4 radical (unpaired) electrons. The number of Topliss-reactive ketones (excluding diaryl/α,β-unsaturated/α-hetero) is 3. The average molecular weight is 1990 g/mol. The molecule has 123 heavy (non-hydrogen) atoms. The van der Waals surface area contributed by atoms with Crippen molar-refractivity contribution in [3.05, 3.63) is 0 Å². The van der Waals surface area contributed by atoms with Crippen LogP contribution in [0.5, 0.6) is 0 Å². The van der Waals surface area contributed by atoms with Gasteiger partial charge < -0.3 is 94.0 Å². The molecule has 12 aliphatic rings. The van der Waals surface area contributed by atoms with Crippen molar-refractivity contribution in [3.8, 4) is 0 Å². The Balaban J connectivity index is -0.0000000734. The Kier molecular flexibility index (Phi) is 123. The van der Waals surface area contributed by atoms with Crippen molar-refractivity contribution in [2.24, 2.45) is 0 Å². The summed E-state index contributed by atoms with van der Waals surface area (Å²) in [5.74, 6) is 0.555. The fourth-order valence-corrected chi connectivity index (χ4v) is 11.0. The second-order valence-electron chi connectivity index (χ2n) is 26.9. The van der Waals surface area contributed by atoms with E-state index in [1.165, 1.54) is 50.1 Å². The first kappa shape index (κ1) is 157. The minimum Gasteiger partial charge on any atom is -0.542 e. The molecule has 0 atom stereocenters. The Hall–Kier alpha value is -3.35. The predicted molar refractivity (Wildman–Crippen MR) is 495 cm³/mol. The Morgan fingerprint density at radius 1 is 0.415 bits per heavy atom. The first-order valence-corrected chi connectivity index (χ1v) is 39.8. The van der Waals surface area contributed by atoms with Crippen molar-refractivity contribution in [2.45, 2.75) is 242 Å². The van der Waals surface area contributed by atoms with Crippen LogP contribution in [-0.4, -0.2) is 438 Å². The van der Waals surface area contributed by atoms with Crippen LogP contribution in [0.1, 0.15) is 212 Å². The van der Waals surface area contributed by atoms with Crippen molar-refractivity contribution in [1.29, 1.82) is 0 Å². The van der Waals surface area contributed by atoms with Gasteiger partial charge in [0.2, 0.25) is 29.5 Å². The minimum atomic E-state index is -0.833. The van der Waals surface area contributed by atoms with Gasteiger partial charge in [-0.2, -0.15) is 19.7 Å². The number of likely N-dealkylation sites (N-methyl/N-ethyl adjacent to an activating group) is 2. The summed E-state index contributed by atoms with van der Waals surface area (Å²) in [7, 11) is 6.32. The standard InChI is InChI=1S/C11H18N3O2.C10H16N3O2.C10H19N3O.C9H17N3O.C8H13NO3.C5H12N2.C5H7NO2.C3H5NO.C2H4O2.C2H3O.5C2H6.CH4BO2.9CH4.3Y/c1-2-11(16)14-7-10(8-14)13-5-3-12(9-15)4-6-13;1-9(15)13-6-10(7-13)12-4-2-11(8-14)3-5-12;1-9(14)13-7-10(8-13)12-5-3-11(2)4-6-12;1-8(13)12-6-9(7-12)11-4-2-10-3-5-11;1-8(2,3)12-7(11)9-4-6(10)5-9;1-7-4-2-6-3-5-7;1-4(7)6-2-5(8)3-6;5-3-1-4-2-3;1-2(3)4;1-2-3;5*1-2;1-4-2-3;;;;;;;;;;;;/h10H,2-8H2,1H3;10H,2-7H2,1H3;10H,3-8H2,1-2H3;9-10H,2-7H2,1H3;4-5H2,1-3H3;6H,2-5H2,1H3;2-3H2,1H3;4H,1-2H2;1H3,(H,3,4);1H3;5*1-2H3;3H,1H3;9*1H4;;;/q2*-1;;;;;;;;-1;;;;;;;;;;;;;;;;;;. The van der Waals surface area contributed by atoms with Gasteiger partial charge in [0.25, 0.3) is 5.97 Å². The van der Waals surface area contributed by atoms with Gasteiger partial charge in [0.1, 0.15) is 5.60 Å². The summed E-state index contributed by atoms with van der Waals surface area (Å²) >= 11 is 0. The van der Waals surface area contributed by atoms with Crippen LogP contribution in [0, 0.1) is 0 Å². The largest absolute Gasteiger partial charge is 0.542 e. The fourth-order valence-electron chi connectivity index (χ4n) is 11.0. The number of amides is 8. The number of carboxylic acids is 1. The maximum atomic E-state index is 11.4. The van der Waals surface area contributed by atoms with Crippen LogP contribution in [0.15, 0.2) is 0 Å². The minimum absolute atomic E-state index is 0. The third-order valence-corrected chi connectivity index (χ3v) is 17.7. The van der Waals surface area contributed by atoms with Gasteiger partial charge in [-0.05, 0) is 34.9 Å². The number of piperazine rings is 5. The average Bonchev–Trinajstić information content (AvgIpc) is 0.827. The van der Waals surface area contributed by atoms with Gasteiger partial charge in [0.15, 0.2) is 17.3 Å². The second-order valence-corrected chi connectivity index (χ2v) is 26.9. The summed E-state index contributed by atoms with van der Waals surface area (Å²) < 4.78 is 9.00. The van der Waals surface area contributed by atoms with Crippen LogP contribution in [0.25, 0.3) is 0 Å². The Morgan fingerprint density at radius 3 is 0.829 bits per heavy atom. The number of carboxylic acid groups (broad SMARTS) is 1. The number of nitrogens with one attached hydrogen (secondary N) is 3. The van der Waals surface area contributed by atoms with Crippen molar-refractivity contribution in [3.63, 3.8) is 0 Å². The zero-order valence-electron chi connectivity index (χ0n) is 74.1. The molecule has 12 saturated heterocycles. The molecule has 0 bridgehead atoms. The summed E-state index contributed by atoms with van der Waals surface area (Å²) in [6.07, 6.45) is 5.54. The maximum Gasteiger partial charge on any atom is 0.484 e. The molecule has 726 valence electrons. The van der Waals surface area contributed by atoms with Gasteiger partial charge in [-0.25, -0.2) is 4.79 Å². The number of carbonyl (C=O) groups excluding carboxylic acids is 12. The number of aliphatic carboxylic acids is 1. The number of nitrogens with zero attached hydrogens (tertiary/aromatic N) is 14. The predicted octanol–water partition coefficient (Wildman–Crippen LogP) is 5.90. The molecule has 12 aliphatic heterocycles. The van der Waals surface area contributed by atoms with E-state index in [-0.39, 0.29) is 219 Å². The molecule has 0 unspecified atom stereocenters. The molecular weight excluding hydrogens is 1810 g/mol. The van der Waals surface area contributed by atoms with Crippen LogP contribution in [-0.2, 0) is 165 Å². The summed E-state index contributed by atoms with van der Waals surface area (Å²) in [6.45, 7) is 66.0. The Morgan fingerprint density at radius 2 is 0.642 bits per heavy atom. The number of ketones is 3. The number of hydrogen-bond donors (Lipinski definition) is 5. The summed E-state index contributed by atoms with van der Waals surface area (Å²) in [5.41, 5.74) is -0.476. The topological polar surface area (TPSA) is 362 Å². The van der Waals surface area contributed by atoms with Crippen molar-refractivity contribution in [1.82, 2.24) is 84.5 Å². The molecule has 12 heterocycles. The van der Waals surface area contributed by atoms with Gasteiger partial charge in [0, 0.05) is 354 Å². The summed E-state index contributed by atoms with van der Waals surface area (Å²) in [6, 6.07) is 2.27. The number of carbonyl (C=O) groups is 10. The quantitative estimate of drug-likeness (QED) is 0.139. The van der Waals surface area contributed by atoms with E-state index >= 15 is 0 Å². The Labute approximate surface area is 828 Å². The number of ether oxygens (including phenoxy) is 1. The van der Waals surface area contributed by atoms with Crippen LogP contribution in [0.2, 0.25) is 0 Å². The molecule has 0 aliphatic carbocycles. The number of rotatable bonds is 8. The van der Waals surface area contributed by atoms with Gasteiger partial charge in [-0.3, -0.25) is 73.9 Å². The molecule has 0 aromatic heterocycles. The van der Waals surface area contributed by atoms with Crippen LogP contribution >= 0.6 is 0 Å². The first-order valence-electron chi connectivity index (χ1n) is 39.8. The molecule has 12 rings (SSSR count). The van der Waals surface area contributed by atoms with E-state index in [4.69, 9.17) is 24.5 Å². The molecule has 0 aromatic rings. The maximum absolute atomic E-state index is 11.4. The van der Waals surface area contributed by atoms with E-state index in [1.54, 1.807) is 51.3 Å².